The summed E-state index contributed by atoms with van der Waals surface area (Å²) < 4.78 is 30.0. The molecule has 6 nitrogen and oxygen atoms in total. The van der Waals surface area contributed by atoms with Gasteiger partial charge in [0.1, 0.15) is 28.1 Å². The quantitative estimate of drug-likeness (QED) is 0.896. The Hall–Kier alpha value is -1.28. The van der Waals surface area contributed by atoms with Gasteiger partial charge in [-0.25, -0.2) is 18.5 Å². The van der Waals surface area contributed by atoms with Gasteiger partial charge in [0.25, 0.3) is 0 Å². The second kappa shape index (κ2) is 6.23. The van der Waals surface area contributed by atoms with Gasteiger partial charge >= 0.3 is 0 Å². The van der Waals surface area contributed by atoms with Gasteiger partial charge in [-0.2, -0.15) is 0 Å². The topological polar surface area (TPSA) is 87.2 Å². The minimum Gasteiger partial charge on any atom is -0.490 e. The van der Waals surface area contributed by atoms with Crippen molar-refractivity contribution in [2.45, 2.75) is 18.4 Å². The normalized spacial score (nSPS) is 11.6. The van der Waals surface area contributed by atoms with Crippen LogP contribution in [0.15, 0.2) is 29.4 Å². The number of hydrogen-bond acceptors (Lipinski definition) is 4. The Labute approximate surface area is 132 Å². The lowest BCUT2D eigenvalue weighted by Gasteiger charge is -2.12. The van der Waals surface area contributed by atoms with Gasteiger partial charge in [-0.1, -0.05) is 23.2 Å². The highest BCUT2D eigenvalue weighted by Gasteiger charge is 2.18. The summed E-state index contributed by atoms with van der Waals surface area (Å²) in [7, 11) is -3.92. The van der Waals surface area contributed by atoms with E-state index in [9.17, 15) is 8.42 Å². The van der Waals surface area contributed by atoms with E-state index in [1.165, 1.54) is 12.1 Å². The molecule has 0 radical (unpaired) electrons. The predicted octanol–water partition coefficient (Wildman–Crippen LogP) is 2.22. The minimum absolute atomic E-state index is 0.0190. The Bertz CT molecular complexity index is 759. The van der Waals surface area contributed by atoms with Crippen LogP contribution in [-0.4, -0.2) is 24.6 Å². The smallest absolute Gasteiger partial charge is 0.239 e. The highest BCUT2D eigenvalue weighted by molar-refractivity contribution is 7.89. The number of nitrogens with zero attached hydrogens (tertiary/aromatic N) is 2. The first kappa shape index (κ1) is 16.1. The third-order valence-corrected chi connectivity index (χ3v) is 4.76. The maximum Gasteiger partial charge on any atom is 0.239 e. The Morgan fingerprint density at radius 3 is 2.62 bits per heavy atom. The fraction of sp³-hybridized carbons (Fsp3) is 0.250. The minimum atomic E-state index is -3.92. The molecule has 0 saturated heterocycles. The molecule has 114 valence electrons. The molecule has 2 aromatic rings. The largest absolute Gasteiger partial charge is 0.490 e. The van der Waals surface area contributed by atoms with E-state index in [1.54, 1.807) is 6.20 Å². The number of imidazole rings is 1. The highest BCUT2D eigenvalue weighted by atomic mass is 35.5. The standard InChI is InChI=1S/C12H13Cl2N3O3S/c1-8-16-4-5-17(8)6-7-20-9-2-3-10(21(15,18)19)12(14)11(9)13/h2-5H,6-7H2,1H3,(H2,15,18,19). The number of sulfonamides is 1. The van der Waals surface area contributed by atoms with Crippen molar-refractivity contribution < 1.29 is 13.2 Å². The van der Waals surface area contributed by atoms with Crippen LogP contribution >= 0.6 is 23.2 Å². The van der Waals surface area contributed by atoms with Gasteiger partial charge in [-0.05, 0) is 19.1 Å². The van der Waals surface area contributed by atoms with Gasteiger partial charge in [-0.3, -0.25) is 0 Å². The summed E-state index contributed by atoms with van der Waals surface area (Å²) in [5.74, 6) is 1.17. The van der Waals surface area contributed by atoms with Crippen molar-refractivity contribution in [3.05, 3.63) is 40.4 Å². The Morgan fingerprint density at radius 1 is 1.33 bits per heavy atom. The summed E-state index contributed by atoms with van der Waals surface area (Å²) in [4.78, 5) is 3.86. The van der Waals surface area contributed by atoms with Crippen LogP contribution in [0.4, 0.5) is 0 Å². The number of aromatic nitrogens is 2. The molecule has 0 unspecified atom stereocenters. The number of ether oxygens (including phenoxy) is 1. The van der Waals surface area contributed by atoms with Crippen molar-refractivity contribution in [2.24, 2.45) is 5.14 Å². The summed E-state index contributed by atoms with van der Waals surface area (Å²) >= 11 is 11.9. The van der Waals surface area contributed by atoms with Crippen molar-refractivity contribution in [1.82, 2.24) is 9.55 Å². The molecule has 0 atom stereocenters. The molecular formula is C12H13Cl2N3O3S. The zero-order valence-corrected chi connectivity index (χ0v) is 13.4. The number of hydrogen-bond donors (Lipinski definition) is 1. The van der Waals surface area contributed by atoms with E-state index in [0.717, 1.165) is 5.82 Å². The summed E-state index contributed by atoms with van der Waals surface area (Å²) in [6.45, 7) is 2.80. The first-order valence-corrected chi connectivity index (χ1v) is 8.22. The summed E-state index contributed by atoms with van der Waals surface area (Å²) in [5, 5.41) is 4.91. The fourth-order valence-corrected chi connectivity index (χ4v) is 3.10. The molecule has 0 saturated carbocycles. The zero-order chi connectivity index (χ0) is 15.6. The lowest BCUT2D eigenvalue weighted by molar-refractivity contribution is 0.297. The molecule has 0 amide bonds. The van der Waals surface area contributed by atoms with Crippen molar-refractivity contribution >= 4 is 33.2 Å². The molecule has 1 heterocycles. The number of halogens is 2. The summed E-state index contributed by atoms with van der Waals surface area (Å²) in [6, 6.07) is 2.69. The monoisotopic (exact) mass is 349 g/mol. The summed E-state index contributed by atoms with van der Waals surface area (Å²) in [5.41, 5.74) is 0. The third kappa shape index (κ3) is 3.68. The average molecular weight is 350 g/mol. The molecule has 0 spiro atoms. The molecular weight excluding hydrogens is 337 g/mol. The van der Waals surface area contributed by atoms with Crippen LogP contribution in [0.1, 0.15) is 5.82 Å². The molecule has 1 aromatic carbocycles. The molecule has 0 aliphatic rings. The molecule has 0 bridgehead atoms. The van der Waals surface area contributed by atoms with Crippen LogP contribution in [0.3, 0.4) is 0 Å². The van der Waals surface area contributed by atoms with Gasteiger partial charge in [0.15, 0.2) is 0 Å². The van der Waals surface area contributed by atoms with E-state index < -0.39 is 10.0 Å². The zero-order valence-electron chi connectivity index (χ0n) is 11.1. The van der Waals surface area contributed by atoms with Crippen LogP contribution in [0.25, 0.3) is 0 Å². The van der Waals surface area contributed by atoms with E-state index in [2.05, 4.69) is 4.98 Å². The Kier molecular flexibility index (Phi) is 4.77. The molecule has 1 aromatic heterocycles. The highest BCUT2D eigenvalue weighted by Crippen LogP contribution is 2.36. The maximum atomic E-state index is 11.3. The molecule has 21 heavy (non-hydrogen) atoms. The number of rotatable bonds is 5. The molecule has 0 aliphatic carbocycles. The van der Waals surface area contributed by atoms with Gasteiger partial charge < -0.3 is 9.30 Å². The van der Waals surface area contributed by atoms with Crippen molar-refractivity contribution in [3.63, 3.8) is 0 Å². The SMILES string of the molecule is Cc1nccn1CCOc1ccc(S(N)(=O)=O)c(Cl)c1Cl. The first-order chi connectivity index (χ1) is 9.80. The van der Waals surface area contributed by atoms with Gasteiger partial charge in [0, 0.05) is 12.4 Å². The number of primary sulfonamides is 1. The lowest BCUT2D eigenvalue weighted by Crippen LogP contribution is -2.13. The second-order valence-corrected chi connectivity index (χ2v) is 6.54. The number of nitrogens with two attached hydrogens (primary N) is 1. The van der Waals surface area contributed by atoms with Crippen LogP contribution in [0, 0.1) is 6.92 Å². The first-order valence-electron chi connectivity index (χ1n) is 5.92. The van der Waals surface area contributed by atoms with Crippen LogP contribution in [0.2, 0.25) is 10.0 Å². The van der Waals surface area contributed by atoms with E-state index >= 15 is 0 Å². The molecule has 0 aliphatic heterocycles. The van der Waals surface area contributed by atoms with Crippen molar-refractivity contribution in [1.29, 1.82) is 0 Å². The van der Waals surface area contributed by atoms with E-state index in [-0.39, 0.29) is 14.9 Å². The van der Waals surface area contributed by atoms with Crippen LogP contribution < -0.4 is 9.88 Å². The van der Waals surface area contributed by atoms with Crippen LogP contribution in [-0.2, 0) is 16.6 Å². The fourth-order valence-electron chi connectivity index (χ4n) is 1.74. The van der Waals surface area contributed by atoms with E-state index in [0.29, 0.717) is 18.9 Å². The summed E-state index contributed by atoms with van der Waals surface area (Å²) in [6.07, 6.45) is 3.53. The molecule has 2 rings (SSSR count). The van der Waals surface area contributed by atoms with Gasteiger partial charge in [0.05, 0.1) is 11.6 Å². The van der Waals surface area contributed by atoms with Gasteiger partial charge in [-0.15, -0.1) is 0 Å². The molecule has 0 fully saturated rings. The maximum absolute atomic E-state index is 11.3. The molecule has 2 N–H and O–H groups in total. The number of benzene rings is 1. The van der Waals surface area contributed by atoms with Crippen LogP contribution in [0.5, 0.6) is 5.75 Å². The second-order valence-electron chi connectivity index (χ2n) is 4.25. The number of aryl methyl sites for hydroxylation is 1. The third-order valence-electron chi connectivity index (χ3n) is 2.83. The van der Waals surface area contributed by atoms with E-state index in [4.69, 9.17) is 33.1 Å². The molecule has 9 heteroatoms. The van der Waals surface area contributed by atoms with Gasteiger partial charge in [0.2, 0.25) is 10.0 Å². The average Bonchev–Trinajstić information content (AvgIpc) is 2.79. The van der Waals surface area contributed by atoms with Crippen molar-refractivity contribution in [3.8, 4) is 5.75 Å². The Morgan fingerprint density at radius 2 is 2.05 bits per heavy atom. The predicted molar refractivity (Wildman–Crippen MR) is 80.3 cm³/mol. The van der Waals surface area contributed by atoms with E-state index in [1.807, 2.05) is 17.7 Å². The Balaban J connectivity index is 2.12. The lowest BCUT2D eigenvalue weighted by atomic mass is 10.3. The van der Waals surface area contributed by atoms with Crippen molar-refractivity contribution in [2.75, 3.05) is 6.61 Å².